The number of anilines is 2. The van der Waals surface area contributed by atoms with Crippen LogP contribution in [0.4, 0.5) is 16.2 Å². The summed E-state index contributed by atoms with van der Waals surface area (Å²) in [5.41, 5.74) is 1.08. The van der Waals surface area contributed by atoms with Crippen molar-refractivity contribution >= 4 is 23.4 Å². The van der Waals surface area contributed by atoms with Crippen LogP contribution in [0, 0.1) is 0 Å². The molecule has 0 bridgehead atoms. The number of hydrogen-bond donors (Lipinski definition) is 2. The average Bonchev–Trinajstić information content (AvgIpc) is 2.91. The van der Waals surface area contributed by atoms with Crippen LogP contribution in [0.5, 0.6) is 5.75 Å². The number of ether oxygens (including phenoxy) is 3. The average molecular weight is 506 g/mol. The topological polar surface area (TPSA) is 106 Å². The Morgan fingerprint density at radius 3 is 2.22 bits per heavy atom. The minimum atomic E-state index is -1.49. The van der Waals surface area contributed by atoms with Gasteiger partial charge in [0, 0.05) is 12.0 Å². The maximum absolute atomic E-state index is 13.1. The molecule has 0 radical (unpaired) electrons. The zero-order valence-corrected chi connectivity index (χ0v) is 20.7. The Balaban J connectivity index is 1.42. The molecule has 194 valence electrons. The molecule has 2 unspecified atom stereocenters. The lowest BCUT2D eigenvalue weighted by atomic mass is 9.76. The molecule has 3 aromatic carbocycles. The number of rotatable bonds is 9. The Bertz CT molecular complexity index is 1160. The lowest BCUT2D eigenvalue weighted by Gasteiger charge is -2.38. The third-order valence-electron chi connectivity index (χ3n) is 6.40. The molecule has 8 heteroatoms. The van der Waals surface area contributed by atoms with Crippen molar-refractivity contribution in [2.45, 2.75) is 37.9 Å². The molecular formula is C29H31NO7. The number of para-hydroxylation sites is 2. The van der Waals surface area contributed by atoms with E-state index in [9.17, 15) is 19.8 Å². The van der Waals surface area contributed by atoms with Crippen LogP contribution >= 0.6 is 0 Å². The quantitative estimate of drug-likeness (QED) is 0.406. The molecular weight excluding hydrogens is 474 g/mol. The van der Waals surface area contributed by atoms with Crippen LogP contribution in [-0.2, 0) is 20.7 Å². The van der Waals surface area contributed by atoms with Crippen molar-refractivity contribution in [3.05, 3.63) is 90.0 Å². The van der Waals surface area contributed by atoms with Crippen LogP contribution < -0.4 is 9.64 Å². The van der Waals surface area contributed by atoms with E-state index in [1.807, 2.05) is 60.7 Å². The predicted molar refractivity (Wildman–Crippen MR) is 138 cm³/mol. The van der Waals surface area contributed by atoms with Gasteiger partial charge in [0.25, 0.3) is 0 Å². The molecule has 0 aromatic heterocycles. The number of esters is 1. The Labute approximate surface area is 216 Å². The fourth-order valence-electron chi connectivity index (χ4n) is 4.50. The van der Waals surface area contributed by atoms with Gasteiger partial charge in [-0.25, -0.2) is 14.5 Å². The Morgan fingerprint density at radius 2 is 1.59 bits per heavy atom. The highest BCUT2D eigenvalue weighted by molar-refractivity contribution is 5.95. The molecule has 0 fully saturated rings. The first-order valence-corrected chi connectivity index (χ1v) is 12.3. The minimum Gasteiger partial charge on any atom is -0.482 e. The van der Waals surface area contributed by atoms with E-state index in [1.54, 1.807) is 25.1 Å². The summed E-state index contributed by atoms with van der Waals surface area (Å²) < 4.78 is 16.1. The normalized spacial score (nSPS) is 18.4. The van der Waals surface area contributed by atoms with E-state index in [0.717, 1.165) is 5.56 Å². The molecule has 1 aliphatic rings. The van der Waals surface area contributed by atoms with E-state index >= 15 is 0 Å². The van der Waals surface area contributed by atoms with Gasteiger partial charge in [0.2, 0.25) is 0 Å². The first-order valence-electron chi connectivity index (χ1n) is 12.3. The van der Waals surface area contributed by atoms with E-state index in [1.165, 1.54) is 4.90 Å². The number of fused-ring (bicyclic) bond motifs is 1. The summed E-state index contributed by atoms with van der Waals surface area (Å²) in [5, 5.41) is 22.3. The maximum Gasteiger partial charge on any atom is 0.418 e. The molecule has 4 rings (SSSR count). The van der Waals surface area contributed by atoms with Gasteiger partial charge in [-0.05, 0) is 55.7 Å². The van der Waals surface area contributed by atoms with E-state index < -0.39 is 23.8 Å². The summed E-state index contributed by atoms with van der Waals surface area (Å²) in [4.78, 5) is 26.2. The molecule has 0 saturated heterocycles. The number of hydrogen-bond acceptors (Lipinski definition) is 7. The third-order valence-corrected chi connectivity index (χ3v) is 6.40. The zero-order valence-electron chi connectivity index (χ0n) is 20.7. The molecule has 2 N–H and O–H groups in total. The second-order valence-corrected chi connectivity index (χ2v) is 8.79. The summed E-state index contributed by atoms with van der Waals surface area (Å²) in [6, 6.07) is 23.5. The summed E-state index contributed by atoms with van der Waals surface area (Å²) in [6.07, 6.45) is -1.08. The molecule has 37 heavy (non-hydrogen) atoms. The fraction of sp³-hybridized carbons (Fsp3) is 0.310. The summed E-state index contributed by atoms with van der Waals surface area (Å²) in [7, 11) is 0. The Kier molecular flexibility index (Phi) is 8.43. The van der Waals surface area contributed by atoms with Crippen molar-refractivity contribution in [3.8, 4) is 5.75 Å². The van der Waals surface area contributed by atoms with Crippen LogP contribution in [0.1, 0.15) is 37.0 Å². The smallest absolute Gasteiger partial charge is 0.418 e. The van der Waals surface area contributed by atoms with Crippen molar-refractivity contribution in [1.29, 1.82) is 0 Å². The van der Waals surface area contributed by atoms with E-state index in [4.69, 9.17) is 14.2 Å². The second-order valence-electron chi connectivity index (χ2n) is 8.79. The van der Waals surface area contributed by atoms with E-state index in [2.05, 4.69) is 0 Å². The van der Waals surface area contributed by atoms with Crippen molar-refractivity contribution in [2.24, 2.45) is 0 Å². The summed E-state index contributed by atoms with van der Waals surface area (Å²) >= 11 is 0. The number of benzene rings is 3. The summed E-state index contributed by atoms with van der Waals surface area (Å²) in [5.74, 6) is -0.00530. The molecule has 1 aliphatic carbocycles. The van der Waals surface area contributed by atoms with Crippen LogP contribution in [-0.4, -0.2) is 47.7 Å². The van der Waals surface area contributed by atoms with Gasteiger partial charge in [0.15, 0.2) is 6.61 Å². The number of carbonyl (C=O) groups excluding carboxylic acids is 2. The van der Waals surface area contributed by atoms with Gasteiger partial charge in [0.1, 0.15) is 11.9 Å². The second kappa shape index (κ2) is 11.9. The molecule has 2 atom stereocenters. The van der Waals surface area contributed by atoms with Gasteiger partial charge >= 0.3 is 12.1 Å². The van der Waals surface area contributed by atoms with Gasteiger partial charge in [-0.15, -0.1) is 0 Å². The number of aliphatic hydroxyl groups is 2. The van der Waals surface area contributed by atoms with E-state index in [0.29, 0.717) is 29.1 Å². The van der Waals surface area contributed by atoms with E-state index in [-0.39, 0.29) is 32.7 Å². The van der Waals surface area contributed by atoms with Gasteiger partial charge in [-0.2, -0.15) is 0 Å². The molecule has 0 spiro atoms. The minimum absolute atomic E-state index is 0.0463. The first kappa shape index (κ1) is 26.2. The molecule has 0 heterocycles. The number of carbonyl (C=O) groups is 2. The molecule has 1 amide bonds. The largest absolute Gasteiger partial charge is 0.482 e. The van der Waals surface area contributed by atoms with Crippen molar-refractivity contribution < 1.29 is 34.0 Å². The monoisotopic (exact) mass is 505 g/mol. The zero-order chi connectivity index (χ0) is 26.3. The molecule has 8 nitrogen and oxygen atoms in total. The van der Waals surface area contributed by atoms with Crippen LogP contribution in [0.2, 0.25) is 0 Å². The highest BCUT2D eigenvalue weighted by Crippen LogP contribution is 2.42. The third kappa shape index (κ3) is 6.10. The molecule has 0 saturated carbocycles. The lowest BCUT2D eigenvalue weighted by molar-refractivity contribution is -0.145. The number of aliphatic hydroxyl groups excluding tert-OH is 1. The maximum atomic E-state index is 13.1. The molecule has 0 aliphatic heterocycles. The standard InChI is InChI=1S/C29H31NO7/c1-2-35-26(31)20-37-25-15-9-14-24-23(25)16-17-29(34,27(24)32)18-19-36-28(33)30(21-10-5-3-6-11-21)22-12-7-4-8-13-22/h3-15,27,32,34H,2,16-20H2,1H3. The van der Waals surface area contributed by atoms with Gasteiger partial charge in [-0.1, -0.05) is 48.5 Å². The SMILES string of the molecule is CCOC(=O)COc1cccc2c1CCC(O)(CCOC(=O)N(c1ccccc1)c1ccccc1)C2O. The highest BCUT2D eigenvalue weighted by Gasteiger charge is 2.42. The van der Waals surface area contributed by atoms with Crippen LogP contribution in [0.25, 0.3) is 0 Å². The van der Waals surface area contributed by atoms with Crippen molar-refractivity contribution in [1.82, 2.24) is 0 Å². The highest BCUT2D eigenvalue weighted by atomic mass is 16.6. The predicted octanol–water partition coefficient (Wildman–Crippen LogP) is 4.70. The lowest BCUT2D eigenvalue weighted by Crippen LogP contribution is -2.42. The molecule has 3 aromatic rings. The van der Waals surface area contributed by atoms with Crippen molar-refractivity contribution in [2.75, 3.05) is 24.7 Å². The Morgan fingerprint density at radius 1 is 0.946 bits per heavy atom. The first-order chi connectivity index (χ1) is 17.9. The van der Waals surface area contributed by atoms with Crippen LogP contribution in [0.3, 0.4) is 0 Å². The van der Waals surface area contributed by atoms with Gasteiger partial charge in [-0.3, -0.25) is 0 Å². The number of amides is 1. The summed E-state index contributed by atoms with van der Waals surface area (Å²) in [6.45, 7) is 1.66. The van der Waals surface area contributed by atoms with Crippen molar-refractivity contribution in [3.63, 3.8) is 0 Å². The van der Waals surface area contributed by atoms with Crippen LogP contribution in [0.15, 0.2) is 78.9 Å². The van der Waals surface area contributed by atoms with Gasteiger partial charge in [0.05, 0.1) is 30.2 Å². The number of nitrogens with zero attached hydrogens (tertiary/aromatic N) is 1. The fourth-order valence-corrected chi connectivity index (χ4v) is 4.50. The Hall–Kier alpha value is -3.88. The van der Waals surface area contributed by atoms with Gasteiger partial charge < -0.3 is 24.4 Å².